The van der Waals surface area contributed by atoms with E-state index < -0.39 is 0 Å². The highest BCUT2D eigenvalue weighted by atomic mass is 16.5. The largest absolute Gasteiger partial charge is 0.496 e. The zero-order chi connectivity index (χ0) is 17.6. The zero-order valence-electron chi connectivity index (χ0n) is 13.7. The summed E-state index contributed by atoms with van der Waals surface area (Å²) in [5.74, 6) is 0.985. The molecule has 2 heterocycles. The fourth-order valence-corrected chi connectivity index (χ4v) is 3.03. The lowest BCUT2D eigenvalue weighted by Crippen LogP contribution is -2.11. The van der Waals surface area contributed by atoms with E-state index in [0.29, 0.717) is 33.7 Å². The van der Waals surface area contributed by atoms with Gasteiger partial charge in [0.25, 0.3) is 5.56 Å². The molecular formula is C19H15N3O3. The quantitative estimate of drug-likeness (QED) is 0.585. The van der Waals surface area contributed by atoms with Crippen LogP contribution in [0.2, 0.25) is 0 Å². The van der Waals surface area contributed by atoms with Gasteiger partial charge in [-0.05, 0) is 13.0 Å². The van der Waals surface area contributed by atoms with E-state index in [1.54, 1.807) is 22.7 Å². The second-order valence-electron chi connectivity index (χ2n) is 5.75. The first kappa shape index (κ1) is 15.1. The van der Waals surface area contributed by atoms with Crippen molar-refractivity contribution in [1.82, 2.24) is 14.4 Å². The summed E-state index contributed by atoms with van der Waals surface area (Å²) in [5.41, 5.74) is 2.76. The number of aromatic nitrogens is 3. The molecule has 1 N–H and O–H groups in total. The summed E-state index contributed by atoms with van der Waals surface area (Å²) in [6.07, 6.45) is 1.55. The predicted octanol–water partition coefficient (Wildman–Crippen LogP) is 3.05. The molecule has 0 saturated heterocycles. The Labute approximate surface area is 142 Å². The van der Waals surface area contributed by atoms with Crippen molar-refractivity contribution in [3.63, 3.8) is 0 Å². The highest BCUT2D eigenvalue weighted by Gasteiger charge is 2.16. The van der Waals surface area contributed by atoms with Crippen LogP contribution in [-0.4, -0.2) is 27.3 Å². The van der Waals surface area contributed by atoms with Crippen LogP contribution in [-0.2, 0) is 0 Å². The number of carbonyl (C=O) groups excluding carboxylic acids is 1. The van der Waals surface area contributed by atoms with Gasteiger partial charge in [0.2, 0.25) is 0 Å². The minimum Gasteiger partial charge on any atom is -0.496 e. The Hall–Kier alpha value is -3.41. The van der Waals surface area contributed by atoms with E-state index in [1.807, 2.05) is 30.3 Å². The number of hydrogen-bond acceptors (Lipinski definition) is 4. The molecule has 124 valence electrons. The van der Waals surface area contributed by atoms with E-state index in [1.165, 1.54) is 14.0 Å². The number of ether oxygens (including phenoxy) is 1. The first-order valence-electron chi connectivity index (χ1n) is 7.78. The summed E-state index contributed by atoms with van der Waals surface area (Å²) in [6, 6.07) is 13.0. The number of H-pyrrole nitrogens is 1. The van der Waals surface area contributed by atoms with Gasteiger partial charge in [-0.15, -0.1) is 0 Å². The molecule has 0 bridgehead atoms. The van der Waals surface area contributed by atoms with Crippen molar-refractivity contribution in [2.75, 3.05) is 7.11 Å². The van der Waals surface area contributed by atoms with Crippen LogP contribution in [0.5, 0.6) is 5.75 Å². The number of Topliss-reactive ketones (excluding diaryl/α,β-unsaturated/α-hetero) is 1. The third kappa shape index (κ3) is 2.30. The van der Waals surface area contributed by atoms with E-state index in [-0.39, 0.29) is 11.3 Å². The summed E-state index contributed by atoms with van der Waals surface area (Å²) in [4.78, 5) is 31.5. The Morgan fingerprint density at radius 3 is 2.60 bits per heavy atom. The number of hydrogen-bond donors (Lipinski definition) is 1. The van der Waals surface area contributed by atoms with Crippen LogP contribution in [0.15, 0.2) is 53.5 Å². The number of rotatable bonds is 3. The Kier molecular flexibility index (Phi) is 3.39. The maximum Gasteiger partial charge on any atom is 0.274 e. The molecule has 0 aliphatic rings. The lowest BCUT2D eigenvalue weighted by atomic mass is 10.1. The molecule has 0 aliphatic carbocycles. The number of imidazole rings is 1. The Bertz CT molecular complexity index is 1170. The molecule has 4 rings (SSSR count). The van der Waals surface area contributed by atoms with Crippen molar-refractivity contribution in [1.29, 1.82) is 0 Å². The standard InChI is InChI=1S/C19H15N3O3/c1-11(23)13-8-14-15(9-17(13)25-2)22-16(19(24)21-14)10-20-18(22)12-6-4-3-5-7-12/h3-10H,1-2H3,(H,21,24). The molecule has 0 fully saturated rings. The van der Waals surface area contributed by atoms with Gasteiger partial charge in [-0.1, -0.05) is 30.3 Å². The van der Waals surface area contributed by atoms with Crippen molar-refractivity contribution in [2.45, 2.75) is 6.92 Å². The summed E-state index contributed by atoms with van der Waals surface area (Å²) < 4.78 is 7.16. The molecule has 0 unspecified atom stereocenters. The second-order valence-corrected chi connectivity index (χ2v) is 5.75. The Balaban J connectivity index is 2.16. The maximum absolute atomic E-state index is 12.4. The number of nitrogens with zero attached hydrogens (tertiary/aromatic N) is 2. The number of carbonyl (C=O) groups is 1. The third-order valence-corrected chi connectivity index (χ3v) is 4.21. The van der Waals surface area contributed by atoms with Crippen LogP contribution in [0.4, 0.5) is 0 Å². The number of nitrogens with one attached hydrogen (secondary N) is 1. The number of fused-ring (bicyclic) bond motifs is 3. The van der Waals surface area contributed by atoms with Crippen LogP contribution in [0.25, 0.3) is 27.9 Å². The van der Waals surface area contributed by atoms with Crippen LogP contribution in [0.3, 0.4) is 0 Å². The SMILES string of the molecule is COc1cc2c(cc1C(C)=O)[nH]c(=O)c1cnc(-c3ccccc3)n12. The van der Waals surface area contributed by atoms with Crippen molar-refractivity contribution in [2.24, 2.45) is 0 Å². The molecule has 6 heteroatoms. The highest BCUT2D eigenvalue weighted by Crippen LogP contribution is 2.28. The van der Waals surface area contributed by atoms with Gasteiger partial charge in [0.15, 0.2) is 5.78 Å². The molecule has 2 aromatic heterocycles. The molecule has 0 spiro atoms. The van der Waals surface area contributed by atoms with Crippen LogP contribution >= 0.6 is 0 Å². The van der Waals surface area contributed by atoms with E-state index >= 15 is 0 Å². The van der Waals surface area contributed by atoms with Gasteiger partial charge in [0.05, 0.1) is 29.9 Å². The predicted molar refractivity (Wildman–Crippen MR) is 95.3 cm³/mol. The molecule has 0 atom stereocenters. The molecule has 0 amide bonds. The molecule has 25 heavy (non-hydrogen) atoms. The van der Waals surface area contributed by atoms with Gasteiger partial charge in [0.1, 0.15) is 17.1 Å². The lowest BCUT2D eigenvalue weighted by molar-refractivity contribution is 0.101. The third-order valence-electron chi connectivity index (χ3n) is 4.21. The van der Waals surface area contributed by atoms with Crippen molar-refractivity contribution < 1.29 is 9.53 Å². The van der Waals surface area contributed by atoms with Gasteiger partial charge in [0, 0.05) is 11.6 Å². The van der Waals surface area contributed by atoms with Crippen LogP contribution < -0.4 is 10.3 Å². The van der Waals surface area contributed by atoms with Crippen molar-refractivity contribution >= 4 is 22.3 Å². The lowest BCUT2D eigenvalue weighted by Gasteiger charge is -2.11. The summed E-state index contributed by atoms with van der Waals surface area (Å²) in [5, 5.41) is 0. The molecule has 2 aromatic carbocycles. The molecule has 0 radical (unpaired) electrons. The van der Waals surface area contributed by atoms with E-state index in [0.717, 1.165) is 5.56 Å². The van der Waals surface area contributed by atoms with Crippen LogP contribution in [0.1, 0.15) is 17.3 Å². The van der Waals surface area contributed by atoms with Gasteiger partial charge in [-0.2, -0.15) is 0 Å². The minimum atomic E-state index is -0.262. The Morgan fingerprint density at radius 2 is 1.92 bits per heavy atom. The van der Waals surface area contributed by atoms with E-state index in [2.05, 4.69) is 9.97 Å². The zero-order valence-corrected chi connectivity index (χ0v) is 13.7. The molecule has 0 saturated carbocycles. The van der Waals surface area contributed by atoms with Crippen molar-refractivity contribution in [3.05, 3.63) is 64.6 Å². The average Bonchev–Trinajstić information content (AvgIpc) is 3.07. The fraction of sp³-hybridized carbons (Fsp3) is 0.105. The fourth-order valence-electron chi connectivity index (χ4n) is 3.03. The summed E-state index contributed by atoms with van der Waals surface area (Å²) >= 11 is 0. The van der Waals surface area contributed by atoms with E-state index in [9.17, 15) is 9.59 Å². The van der Waals surface area contributed by atoms with E-state index in [4.69, 9.17) is 4.74 Å². The summed E-state index contributed by atoms with van der Waals surface area (Å²) in [6.45, 7) is 1.47. The molecule has 6 nitrogen and oxygen atoms in total. The minimum absolute atomic E-state index is 0.131. The maximum atomic E-state index is 12.4. The molecular weight excluding hydrogens is 318 g/mol. The number of ketones is 1. The molecule has 4 aromatic rings. The number of benzene rings is 2. The first-order chi connectivity index (χ1) is 12.1. The smallest absolute Gasteiger partial charge is 0.274 e. The number of aromatic amines is 1. The highest BCUT2D eigenvalue weighted by molar-refractivity contribution is 6.00. The van der Waals surface area contributed by atoms with Gasteiger partial charge in [-0.25, -0.2) is 4.98 Å². The van der Waals surface area contributed by atoms with Crippen LogP contribution in [0, 0.1) is 0 Å². The summed E-state index contributed by atoms with van der Waals surface area (Å²) in [7, 11) is 1.52. The average molecular weight is 333 g/mol. The van der Waals surface area contributed by atoms with Gasteiger partial charge >= 0.3 is 0 Å². The van der Waals surface area contributed by atoms with Gasteiger partial charge < -0.3 is 9.72 Å². The topological polar surface area (TPSA) is 76.5 Å². The normalized spacial score (nSPS) is 11.1. The van der Waals surface area contributed by atoms with Crippen molar-refractivity contribution in [3.8, 4) is 17.1 Å². The first-order valence-corrected chi connectivity index (χ1v) is 7.78. The number of methoxy groups -OCH3 is 1. The van der Waals surface area contributed by atoms with Gasteiger partial charge in [-0.3, -0.25) is 14.0 Å². The second kappa shape index (κ2) is 5.59. The monoisotopic (exact) mass is 333 g/mol. The Morgan fingerprint density at radius 1 is 1.16 bits per heavy atom. The molecule has 0 aliphatic heterocycles.